The third-order valence-electron chi connectivity index (χ3n) is 7.58. The quantitative estimate of drug-likeness (QED) is 0.558. The Morgan fingerprint density at radius 2 is 1.75 bits per heavy atom. The van der Waals surface area contributed by atoms with Gasteiger partial charge < -0.3 is 24.5 Å². The zero-order chi connectivity index (χ0) is 24.6. The van der Waals surface area contributed by atoms with Crippen LogP contribution in [0, 0.1) is 11.6 Å². The molecule has 3 aliphatic heterocycles. The van der Waals surface area contributed by atoms with Gasteiger partial charge in [0.05, 0.1) is 42.6 Å². The SMILES string of the molecule is OC(CN1CCC1)c1cc(C2CCCN2c2cc(F)cc(F)c2)c2nc(N3CCOCC3)cnc2c1. The van der Waals surface area contributed by atoms with Gasteiger partial charge in [-0.1, -0.05) is 0 Å². The third kappa shape index (κ3) is 4.63. The first-order valence-electron chi connectivity index (χ1n) is 12.8. The number of aliphatic hydroxyl groups excluding tert-OH is 1. The molecule has 3 aliphatic rings. The first kappa shape index (κ1) is 23.5. The van der Waals surface area contributed by atoms with E-state index in [-0.39, 0.29) is 6.04 Å². The van der Waals surface area contributed by atoms with E-state index in [2.05, 4.69) is 14.7 Å². The predicted octanol–water partition coefficient (Wildman–Crippen LogP) is 3.83. The lowest BCUT2D eigenvalue weighted by atomic mass is 9.96. The van der Waals surface area contributed by atoms with Crippen molar-refractivity contribution in [1.82, 2.24) is 14.9 Å². The lowest BCUT2D eigenvalue weighted by Crippen LogP contribution is -2.39. The van der Waals surface area contributed by atoms with E-state index < -0.39 is 17.7 Å². The number of benzene rings is 2. The maximum absolute atomic E-state index is 14.1. The average Bonchev–Trinajstić information content (AvgIpc) is 3.35. The molecule has 1 aromatic heterocycles. The molecule has 0 spiro atoms. The van der Waals surface area contributed by atoms with Crippen molar-refractivity contribution < 1.29 is 18.6 Å². The molecule has 36 heavy (non-hydrogen) atoms. The molecule has 0 bridgehead atoms. The molecular weight excluding hydrogens is 464 g/mol. The molecule has 190 valence electrons. The van der Waals surface area contributed by atoms with Gasteiger partial charge in [0.25, 0.3) is 0 Å². The van der Waals surface area contributed by atoms with E-state index in [0.29, 0.717) is 32.0 Å². The van der Waals surface area contributed by atoms with Gasteiger partial charge in [0.1, 0.15) is 17.5 Å². The molecule has 0 saturated carbocycles. The second kappa shape index (κ2) is 9.88. The summed E-state index contributed by atoms with van der Waals surface area (Å²) in [6, 6.07) is 7.51. The summed E-state index contributed by atoms with van der Waals surface area (Å²) in [4.78, 5) is 16.3. The maximum atomic E-state index is 14.1. The van der Waals surface area contributed by atoms with Crippen molar-refractivity contribution in [2.75, 3.05) is 62.3 Å². The van der Waals surface area contributed by atoms with Crippen molar-refractivity contribution >= 4 is 22.5 Å². The number of β-amino-alcohol motifs (C(OH)–C–C–N with tert-alkyl or cyclic N) is 1. The second-order valence-corrected chi connectivity index (χ2v) is 9.95. The summed E-state index contributed by atoms with van der Waals surface area (Å²) >= 11 is 0. The van der Waals surface area contributed by atoms with Gasteiger partial charge in [-0.3, -0.25) is 4.98 Å². The van der Waals surface area contributed by atoms with E-state index in [1.165, 1.54) is 12.1 Å². The lowest BCUT2D eigenvalue weighted by Gasteiger charge is -2.33. The molecule has 3 saturated heterocycles. The minimum Gasteiger partial charge on any atom is -0.387 e. The van der Waals surface area contributed by atoms with E-state index in [1.807, 2.05) is 12.1 Å². The number of aromatic nitrogens is 2. The summed E-state index contributed by atoms with van der Waals surface area (Å²) in [5, 5.41) is 11.1. The van der Waals surface area contributed by atoms with Crippen molar-refractivity contribution in [1.29, 1.82) is 0 Å². The van der Waals surface area contributed by atoms with Gasteiger partial charge in [-0.2, -0.15) is 0 Å². The van der Waals surface area contributed by atoms with Crippen LogP contribution >= 0.6 is 0 Å². The largest absolute Gasteiger partial charge is 0.387 e. The molecule has 6 rings (SSSR count). The van der Waals surface area contributed by atoms with Gasteiger partial charge in [0.2, 0.25) is 0 Å². The van der Waals surface area contributed by atoms with Crippen LogP contribution in [0.2, 0.25) is 0 Å². The van der Waals surface area contributed by atoms with Gasteiger partial charge in [0.15, 0.2) is 0 Å². The van der Waals surface area contributed by atoms with E-state index in [4.69, 9.17) is 14.7 Å². The number of rotatable bonds is 6. The molecule has 0 aliphatic carbocycles. The molecule has 9 heteroatoms. The molecule has 2 atom stereocenters. The van der Waals surface area contributed by atoms with Crippen molar-refractivity contribution in [3.63, 3.8) is 0 Å². The van der Waals surface area contributed by atoms with Gasteiger partial charge in [0, 0.05) is 43.5 Å². The fourth-order valence-electron chi connectivity index (χ4n) is 5.56. The van der Waals surface area contributed by atoms with Crippen LogP contribution in [0.25, 0.3) is 11.0 Å². The van der Waals surface area contributed by atoms with Crippen molar-refractivity contribution in [3.05, 3.63) is 59.3 Å². The number of hydrogen-bond acceptors (Lipinski definition) is 7. The number of hydrogen-bond donors (Lipinski definition) is 1. The maximum Gasteiger partial charge on any atom is 0.148 e. The Kier molecular flexibility index (Phi) is 6.45. The summed E-state index contributed by atoms with van der Waals surface area (Å²) in [6.07, 6.45) is 4.02. The van der Waals surface area contributed by atoms with Crippen LogP contribution in [0.15, 0.2) is 36.5 Å². The summed E-state index contributed by atoms with van der Waals surface area (Å²) in [5.74, 6) is -0.385. The van der Waals surface area contributed by atoms with Gasteiger partial charge in [-0.15, -0.1) is 0 Å². The molecule has 7 nitrogen and oxygen atoms in total. The molecule has 2 aromatic carbocycles. The Morgan fingerprint density at radius 1 is 0.972 bits per heavy atom. The smallest absolute Gasteiger partial charge is 0.148 e. The van der Waals surface area contributed by atoms with Crippen LogP contribution in [0.4, 0.5) is 20.3 Å². The highest BCUT2D eigenvalue weighted by atomic mass is 19.1. The first-order chi connectivity index (χ1) is 17.5. The monoisotopic (exact) mass is 495 g/mol. The fraction of sp³-hybridized carbons (Fsp3) is 0.481. The Morgan fingerprint density at radius 3 is 2.47 bits per heavy atom. The molecule has 4 heterocycles. The number of ether oxygens (including phenoxy) is 1. The van der Waals surface area contributed by atoms with Crippen molar-refractivity contribution in [2.45, 2.75) is 31.4 Å². The fourth-order valence-corrected chi connectivity index (χ4v) is 5.56. The summed E-state index contributed by atoms with van der Waals surface area (Å²) in [7, 11) is 0. The van der Waals surface area contributed by atoms with Gasteiger partial charge >= 0.3 is 0 Å². The van der Waals surface area contributed by atoms with E-state index >= 15 is 0 Å². The number of nitrogens with zero attached hydrogens (tertiary/aromatic N) is 5. The summed E-state index contributed by atoms with van der Waals surface area (Å²) in [6.45, 7) is 6.06. The zero-order valence-corrected chi connectivity index (χ0v) is 20.2. The van der Waals surface area contributed by atoms with Crippen LogP contribution in [0.5, 0.6) is 0 Å². The molecule has 3 aromatic rings. The molecular formula is C27H31F2N5O2. The van der Waals surface area contributed by atoms with Gasteiger partial charge in [-0.05, 0) is 62.2 Å². The van der Waals surface area contributed by atoms with Crippen LogP contribution < -0.4 is 9.80 Å². The first-order valence-corrected chi connectivity index (χ1v) is 12.8. The summed E-state index contributed by atoms with van der Waals surface area (Å²) < 4.78 is 33.7. The standard InChI is InChI=1S/C27H31F2N5O2/c28-19-13-20(29)15-21(14-19)34-6-1-3-24(34)22-11-18(25(35)17-32-4-2-5-32)12-23-27(22)31-26(16-30-23)33-7-9-36-10-8-33/h11-16,24-25,35H,1-10,17H2. The molecule has 0 radical (unpaired) electrons. The number of anilines is 2. The van der Waals surface area contributed by atoms with E-state index in [0.717, 1.165) is 79.5 Å². The Labute approximate surface area is 209 Å². The molecule has 1 N–H and O–H groups in total. The molecule has 0 amide bonds. The highest BCUT2D eigenvalue weighted by Crippen LogP contribution is 2.40. The number of morpholine rings is 1. The van der Waals surface area contributed by atoms with Crippen LogP contribution in [0.1, 0.15) is 42.5 Å². The topological polar surface area (TPSA) is 65.0 Å². The van der Waals surface area contributed by atoms with Crippen LogP contribution in [0.3, 0.4) is 0 Å². The summed E-state index contributed by atoms with van der Waals surface area (Å²) in [5.41, 5.74) is 3.75. The van der Waals surface area contributed by atoms with Crippen molar-refractivity contribution in [2.24, 2.45) is 0 Å². The second-order valence-electron chi connectivity index (χ2n) is 9.95. The van der Waals surface area contributed by atoms with Gasteiger partial charge in [-0.25, -0.2) is 13.8 Å². The average molecular weight is 496 g/mol. The van der Waals surface area contributed by atoms with E-state index in [1.54, 1.807) is 6.20 Å². The minimum absolute atomic E-state index is 0.126. The van der Waals surface area contributed by atoms with Crippen LogP contribution in [-0.2, 0) is 4.74 Å². The predicted molar refractivity (Wildman–Crippen MR) is 134 cm³/mol. The third-order valence-corrected chi connectivity index (χ3v) is 7.58. The minimum atomic E-state index is -0.643. The highest BCUT2D eigenvalue weighted by Gasteiger charge is 2.31. The Hall–Kier alpha value is -2.88. The number of aliphatic hydroxyl groups is 1. The molecule has 3 fully saturated rings. The van der Waals surface area contributed by atoms with E-state index in [9.17, 15) is 13.9 Å². The number of fused-ring (bicyclic) bond motifs is 1. The zero-order valence-electron chi connectivity index (χ0n) is 20.2. The molecule has 2 unspecified atom stereocenters. The Balaban J connectivity index is 1.43. The number of likely N-dealkylation sites (tertiary alicyclic amines) is 1. The Bertz CT molecular complexity index is 1230. The van der Waals surface area contributed by atoms with Crippen LogP contribution in [-0.4, -0.2) is 72.5 Å². The lowest BCUT2D eigenvalue weighted by molar-refractivity contribution is 0.0788. The normalized spacial score (nSPS) is 21.7. The van der Waals surface area contributed by atoms with Crippen molar-refractivity contribution in [3.8, 4) is 0 Å². The number of halogens is 2. The highest BCUT2D eigenvalue weighted by molar-refractivity contribution is 5.82.